The van der Waals surface area contributed by atoms with Gasteiger partial charge in [-0.2, -0.15) is 0 Å². The summed E-state index contributed by atoms with van der Waals surface area (Å²) in [5.74, 6) is 0. The molecule has 0 fully saturated rings. The van der Waals surface area contributed by atoms with Crippen LogP contribution in [-0.4, -0.2) is 0 Å². The zero-order valence-corrected chi connectivity index (χ0v) is 5.51. The molecule has 0 aliphatic heterocycles. The minimum Gasteiger partial charge on any atom is -0.136 e. The Bertz CT molecular complexity index is 134. The maximum absolute atomic E-state index is 2.10. The highest BCUT2D eigenvalue weighted by molar-refractivity contribution is 7.27. The lowest BCUT2D eigenvalue weighted by Crippen LogP contribution is -1.82. The van der Waals surface area contributed by atoms with Crippen LogP contribution in [0.2, 0.25) is 0 Å². The lowest BCUT2D eigenvalue weighted by molar-refractivity contribution is 1.78. The van der Waals surface area contributed by atoms with Gasteiger partial charge in [-0.1, -0.05) is 30.3 Å². The fourth-order valence-corrected chi connectivity index (χ4v) is 0.750. The summed E-state index contributed by atoms with van der Waals surface area (Å²) >= 11 is 0. The van der Waals surface area contributed by atoms with E-state index in [1.54, 1.807) is 0 Å². The predicted molar refractivity (Wildman–Crippen MR) is 37.2 cm³/mol. The van der Waals surface area contributed by atoms with Gasteiger partial charge in [-0.3, -0.25) is 0 Å². The van der Waals surface area contributed by atoms with Gasteiger partial charge in [0.05, 0.1) is 0 Å². The predicted octanol–water partition coefficient (Wildman–Crippen LogP) is 0.919. The van der Waals surface area contributed by atoms with Crippen LogP contribution >= 0.6 is 9.24 Å². The Morgan fingerprint density at radius 2 is 1.57 bits per heavy atom. The number of rotatable bonds is 0. The van der Waals surface area contributed by atoms with Crippen molar-refractivity contribution in [1.29, 1.82) is 0 Å². The summed E-state index contributed by atoms with van der Waals surface area (Å²) in [5, 5.41) is 1.35. The third-order valence-electron chi connectivity index (χ3n) is 0.843. The Balaban J connectivity index is 3.02. The normalized spacial score (nSPS) is 9.14. The van der Waals surface area contributed by atoms with Gasteiger partial charge in [0.2, 0.25) is 0 Å². The summed E-state index contributed by atoms with van der Waals surface area (Å²) in [5.41, 5.74) is 0. The Hall–Kier alpha value is -0.350. The van der Waals surface area contributed by atoms with Crippen LogP contribution in [0, 0.1) is 0 Å². The minimum atomic E-state index is 1.35. The topological polar surface area (TPSA) is 0 Å². The molecule has 0 amide bonds. The highest BCUT2D eigenvalue weighted by atomic mass is 31.0. The zero-order valence-electron chi connectivity index (χ0n) is 4.09. The van der Waals surface area contributed by atoms with Crippen molar-refractivity contribution >= 4 is 14.5 Å². The molecule has 0 nitrogen and oxygen atoms in total. The first kappa shape index (κ1) is 4.80. The van der Waals surface area contributed by atoms with Crippen molar-refractivity contribution in [3.63, 3.8) is 0 Å². The highest BCUT2D eigenvalue weighted by Crippen LogP contribution is 1.86. The maximum Gasteiger partial charge on any atom is -0.0368 e. The van der Waals surface area contributed by atoms with E-state index in [2.05, 4.69) is 12.1 Å². The first-order valence-corrected chi connectivity index (χ1v) is 2.97. The zero-order chi connectivity index (χ0) is 5.11. The largest absolute Gasteiger partial charge is 0.136 e. The van der Waals surface area contributed by atoms with Crippen LogP contribution in [0.15, 0.2) is 30.3 Å². The molecule has 0 aliphatic rings. The van der Waals surface area contributed by atoms with Crippen LogP contribution < -0.4 is 5.30 Å². The third kappa shape index (κ3) is 1.29. The summed E-state index contributed by atoms with van der Waals surface area (Å²) in [6.45, 7) is 0. The second kappa shape index (κ2) is 2.09. The first-order valence-electron chi connectivity index (χ1n) is 2.26. The minimum absolute atomic E-state index is 1.35. The maximum atomic E-state index is 2.10. The molecule has 0 heterocycles. The van der Waals surface area contributed by atoms with Gasteiger partial charge in [0.1, 0.15) is 0 Å². The van der Waals surface area contributed by atoms with E-state index in [0.29, 0.717) is 0 Å². The van der Waals surface area contributed by atoms with Crippen LogP contribution in [0.5, 0.6) is 0 Å². The number of benzene rings is 1. The summed E-state index contributed by atoms with van der Waals surface area (Å²) in [7, 11) is 1.90. The van der Waals surface area contributed by atoms with E-state index in [1.165, 1.54) is 5.30 Å². The van der Waals surface area contributed by atoms with E-state index in [4.69, 9.17) is 0 Å². The van der Waals surface area contributed by atoms with Crippen molar-refractivity contribution in [2.45, 2.75) is 0 Å². The fourth-order valence-electron chi connectivity index (χ4n) is 0.478. The molecule has 0 saturated carbocycles. The Morgan fingerprint density at radius 1 is 1.00 bits per heavy atom. The second-order valence-corrected chi connectivity index (χ2v) is 2.30. The van der Waals surface area contributed by atoms with Gasteiger partial charge in [0.25, 0.3) is 0 Å². The van der Waals surface area contributed by atoms with Gasteiger partial charge in [0, 0.05) is 0 Å². The van der Waals surface area contributed by atoms with Crippen molar-refractivity contribution in [1.82, 2.24) is 0 Å². The smallest absolute Gasteiger partial charge is 0.0368 e. The van der Waals surface area contributed by atoms with Crippen LogP contribution in [0.4, 0.5) is 0 Å². The van der Waals surface area contributed by atoms with Gasteiger partial charge in [-0.05, 0) is 5.30 Å². The molecule has 1 unspecified atom stereocenters. The molecule has 1 rings (SSSR count). The monoisotopic (exact) mass is 111 g/mol. The molecule has 0 aromatic heterocycles. The van der Waals surface area contributed by atoms with Gasteiger partial charge < -0.3 is 0 Å². The van der Waals surface area contributed by atoms with Crippen LogP contribution in [-0.2, 0) is 0 Å². The lowest BCUT2D eigenvalue weighted by Gasteiger charge is -1.83. The van der Waals surface area contributed by atoms with E-state index in [-0.39, 0.29) is 0 Å². The molecular formula is C6H8P. The van der Waals surface area contributed by atoms with Gasteiger partial charge >= 0.3 is 0 Å². The molecule has 0 N–H and O–H groups in total. The van der Waals surface area contributed by atoms with Crippen LogP contribution in [0.3, 0.4) is 0 Å². The van der Waals surface area contributed by atoms with E-state index in [9.17, 15) is 0 Å². The molecule has 7 heavy (non-hydrogen) atoms. The van der Waals surface area contributed by atoms with E-state index >= 15 is 0 Å². The molecule has 1 heteroatoms. The third-order valence-corrected chi connectivity index (χ3v) is 1.31. The van der Waals surface area contributed by atoms with Gasteiger partial charge in [-0.15, -0.1) is 9.24 Å². The average molecular weight is 111 g/mol. The van der Waals surface area contributed by atoms with Crippen LogP contribution in [0.1, 0.15) is 0 Å². The summed E-state index contributed by atoms with van der Waals surface area (Å²) in [4.78, 5) is 0. The highest BCUT2D eigenvalue weighted by Gasteiger charge is 1.71. The second-order valence-electron chi connectivity index (χ2n) is 1.49. The van der Waals surface area contributed by atoms with E-state index in [0.717, 1.165) is 0 Å². The molecule has 0 bridgehead atoms. The standard InChI is InChI=1S/C6H8P/c7-6-4-2-1-3-5-6/h1-5H,7H3. The molecule has 1 aromatic carbocycles. The molecule has 0 saturated heterocycles. The van der Waals surface area contributed by atoms with Crippen molar-refractivity contribution < 1.29 is 0 Å². The summed E-state index contributed by atoms with van der Waals surface area (Å²) in [6, 6.07) is 10.3. The van der Waals surface area contributed by atoms with Gasteiger partial charge in [-0.25, -0.2) is 0 Å². The average Bonchev–Trinajstić information content (AvgIpc) is 1.69. The Morgan fingerprint density at radius 3 is 1.86 bits per heavy atom. The molecule has 0 aliphatic carbocycles. The van der Waals surface area contributed by atoms with Gasteiger partial charge in [0.15, 0.2) is 0 Å². The summed E-state index contributed by atoms with van der Waals surface area (Å²) in [6.07, 6.45) is 0. The Labute approximate surface area is 45.8 Å². The molecule has 1 aromatic rings. The molecule has 1 radical (unpaired) electrons. The van der Waals surface area contributed by atoms with Crippen molar-refractivity contribution in [3.8, 4) is 0 Å². The van der Waals surface area contributed by atoms with Crippen LogP contribution in [0.25, 0.3) is 0 Å². The quantitative estimate of drug-likeness (QED) is 0.437. The van der Waals surface area contributed by atoms with E-state index < -0.39 is 0 Å². The van der Waals surface area contributed by atoms with E-state index in [1.807, 2.05) is 27.4 Å². The lowest BCUT2D eigenvalue weighted by atomic mass is 10.4. The van der Waals surface area contributed by atoms with Crippen molar-refractivity contribution in [2.24, 2.45) is 0 Å². The molecular weight excluding hydrogens is 103 g/mol. The number of hydrogen-bond donors (Lipinski definition) is 0. The Kier molecular flexibility index (Phi) is 1.43. The fraction of sp³-hybridized carbons (Fsp3) is 0. The summed E-state index contributed by atoms with van der Waals surface area (Å²) < 4.78 is 0. The number of hydrogen-bond acceptors (Lipinski definition) is 0. The first-order chi connectivity index (χ1) is 3.39. The molecule has 0 spiro atoms. The van der Waals surface area contributed by atoms with Crippen molar-refractivity contribution in [2.75, 3.05) is 0 Å². The SMILES string of the molecule is [PH3]c1ccccc1. The molecule has 1 atom stereocenters. The molecule has 37 valence electrons. The van der Waals surface area contributed by atoms with Crippen molar-refractivity contribution in [3.05, 3.63) is 30.3 Å².